The average molecular weight is 340 g/mol. The topological polar surface area (TPSA) is 49.4 Å². The third-order valence-corrected chi connectivity index (χ3v) is 4.52. The molecule has 5 heteroatoms. The number of nitrogens with one attached hydrogen (secondary N) is 1. The van der Waals surface area contributed by atoms with E-state index in [-0.39, 0.29) is 23.5 Å². The Morgan fingerprint density at radius 2 is 1.92 bits per heavy atom. The van der Waals surface area contributed by atoms with Crippen molar-refractivity contribution >= 4 is 11.8 Å². The molecule has 1 saturated heterocycles. The second-order valence-corrected chi connectivity index (χ2v) is 6.50. The number of halogens is 1. The molecule has 1 aliphatic heterocycles. The molecule has 1 aliphatic rings. The highest BCUT2D eigenvalue weighted by Gasteiger charge is 2.29. The van der Waals surface area contributed by atoms with Gasteiger partial charge in [0.05, 0.1) is 0 Å². The molecular formula is C20H21FN2O2. The normalized spacial score (nSPS) is 17.0. The highest BCUT2D eigenvalue weighted by Crippen LogP contribution is 2.20. The largest absolute Gasteiger partial charge is 0.352 e. The quantitative estimate of drug-likeness (QED) is 0.910. The fraction of sp³-hybridized carbons (Fsp3) is 0.300. The molecule has 1 atom stereocenters. The zero-order valence-corrected chi connectivity index (χ0v) is 14.2. The Kier molecular flexibility index (Phi) is 5.12. The van der Waals surface area contributed by atoms with E-state index in [1.807, 2.05) is 25.1 Å². The number of likely N-dealkylation sites (tertiary alicyclic amines) is 1. The lowest BCUT2D eigenvalue weighted by molar-refractivity contribution is -0.128. The van der Waals surface area contributed by atoms with E-state index in [1.165, 1.54) is 12.1 Å². The molecule has 1 fully saturated rings. The van der Waals surface area contributed by atoms with Crippen molar-refractivity contribution < 1.29 is 14.0 Å². The summed E-state index contributed by atoms with van der Waals surface area (Å²) in [5.41, 5.74) is 2.50. The van der Waals surface area contributed by atoms with Gasteiger partial charge in [0, 0.05) is 37.5 Å². The van der Waals surface area contributed by atoms with Gasteiger partial charge in [-0.05, 0) is 36.2 Å². The van der Waals surface area contributed by atoms with Crippen molar-refractivity contribution in [1.29, 1.82) is 0 Å². The predicted molar refractivity (Wildman–Crippen MR) is 93.4 cm³/mol. The van der Waals surface area contributed by atoms with Gasteiger partial charge in [0.1, 0.15) is 5.82 Å². The van der Waals surface area contributed by atoms with E-state index in [0.29, 0.717) is 31.6 Å². The number of carbonyl (C=O) groups is 2. The van der Waals surface area contributed by atoms with Crippen LogP contribution in [-0.2, 0) is 11.3 Å². The van der Waals surface area contributed by atoms with Gasteiger partial charge in [-0.3, -0.25) is 9.59 Å². The van der Waals surface area contributed by atoms with E-state index >= 15 is 0 Å². The number of rotatable bonds is 5. The summed E-state index contributed by atoms with van der Waals surface area (Å²) < 4.78 is 13.0. The van der Waals surface area contributed by atoms with Gasteiger partial charge >= 0.3 is 0 Å². The highest BCUT2D eigenvalue weighted by atomic mass is 19.1. The molecule has 2 aromatic rings. The lowest BCUT2D eigenvalue weighted by atomic mass is 10.1. The SMILES string of the molecule is Cc1ccccc1C(=O)NCC1CC(=O)N(Cc2ccc(F)cc2)C1. The van der Waals surface area contributed by atoms with Crippen LogP contribution in [0.2, 0.25) is 0 Å². The maximum atomic E-state index is 13.0. The minimum absolute atomic E-state index is 0.0689. The van der Waals surface area contributed by atoms with Gasteiger partial charge in [-0.15, -0.1) is 0 Å². The second-order valence-electron chi connectivity index (χ2n) is 6.50. The Labute approximate surface area is 146 Å². The van der Waals surface area contributed by atoms with E-state index in [4.69, 9.17) is 0 Å². The first-order valence-corrected chi connectivity index (χ1v) is 8.39. The minimum atomic E-state index is -0.284. The molecule has 0 radical (unpaired) electrons. The smallest absolute Gasteiger partial charge is 0.251 e. The van der Waals surface area contributed by atoms with Crippen LogP contribution in [0.15, 0.2) is 48.5 Å². The molecule has 3 rings (SSSR count). The van der Waals surface area contributed by atoms with Gasteiger partial charge in [0.2, 0.25) is 5.91 Å². The van der Waals surface area contributed by atoms with Crippen LogP contribution in [-0.4, -0.2) is 29.8 Å². The molecule has 2 aromatic carbocycles. The van der Waals surface area contributed by atoms with Gasteiger partial charge in [-0.2, -0.15) is 0 Å². The maximum Gasteiger partial charge on any atom is 0.251 e. The third-order valence-electron chi connectivity index (χ3n) is 4.52. The molecule has 130 valence electrons. The van der Waals surface area contributed by atoms with Crippen LogP contribution >= 0.6 is 0 Å². The Balaban J connectivity index is 1.53. The Hall–Kier alpha value is -2.69. The summed E-state index contributed by atoms with van der Waals surface area (Å²) in [6, 6.07) is 13.6. The van der Waals surface area contributed by atoms with Crippen LogP contribution in [0.5, 0.6) is 0 Å². The first kappa shape index (κ1) is 17.1. The van der Waals surface area contributed by atoms with Crippen LogP contribution in [0.3, 0.4) is 0 Å². The molecule has 2 amide bonds. The van der Waals surface area contributed by atoms with Gasteiger partial charge in [-0.1, -0.05) is 30.3 Å². The molecule has 0 bridgehead atoms. The number of amides is 2. The summed E-state index contributed by atoms with van der Waals surface area (Å²) in [5.74, 6) is -0.226. The first-order chi connectivity index (χ1) is 12.0. The Morgan fingerprint density at radius 3 is 2.64 bits per heavy atom. The number of benzene rings is 2. The van der Waals surface area contributed by atoms with E-state index in [0.717, 1.165) is 11.1 Å². The van der Waals surface area contributed by atoms with Crippen molar-refractivity contribution in [3.8, 4) is 0 Å². The molecule has 25 heavy (non-hydrogen) atoms. The van der Waals surface area contributed by atoms with E-state index in [9.17, 15) is 14.0 Å². The lowest BCUT2D eigenvalue weighted by Crippen LogP contribution is -2.31. The second kappa shape index (κ2) is 7.47. The van der Waals surface area contributed by atoms with Crippen molar-refractivity contribution in [2.75, 3.05) is 13.1 Å². The fourth-order valence-corrected chi connectivity index (χ4v) is 3.11. The summed E-state index contributed by atoms with van der Waals surface area (Å²) in [5, 5.41) is 2.93. The van der Waals surface area contributed by atoms with Gasteiger partial charge in [0.15, 0.2) is 0 Å². The van der Waals surface area contributed by atoms with Crippen LogP contribution in [0, 0.1) is 18.7 Å². The number of nitrogens with zero attached hydrogens (tertiary/aromatic N) is 1. The summed E-state index contributed by atoms with van der Waals surface area (Å²) >= 11 is 0. The Bertz CT molecular complexity index is 774. The molecular weight excluding hydrogens is 319 g/mol. The van der Waals surface area contributed by atoms with E-state index < -0.39 is 0 Å². The third kappa shape index (κ3) is 4.24. The molecule has 0 aromatic heterocycles. The minimum Gasteiger partial charge on any atom is -0.352 e. The number of aryl methyl sites for hydroxylation is 1. The molecule has 1 N–H and O–H groups in total. The van der Waals surface area contributed by atoms with Gasteiger partial charge in [-0.25, -0.2) is 4.39 Å². The van der Waals surface area contributed by atoms with E-state index in [2.05, 4.69) is 5.32 Å². The summed E-state index contributed by atoms with van der Waals surface area (Å²) in [4.78, 5) is 26.2. The van der Waals surface area contributed by atoms with Crippen LogP contribution < -0.4 is 5.32 Å². The number of hydrogen-bond donors (Lipinski definition) is 1. The zero-order chi connectivity index (χ0) is 17.8. The van der Waals surface area contributed by atoms with Crippen molar-refractivity contribution in [2.24, 2.45) is 5.92 Å². The predicted octanol–water partition coefficient (Wildman–Crippen LogP) is 2.91. The van der Waals surface area contributed by atoms with Crippen molar-refractivity contribution in [3.05, 3.63) is 71.0 Å². The lowest BCUT2D eigenvalue weighted by Gasteiger charge is -2.17. The zero-order valence-electron chi connectivity index (χ0n) is 14.2. The molecule has 1 unspecified atom stereocenters. The van der Waals surface area contributed by atoms with E-state index in [1.54, 1.807) is 23.1 Å². The first-order valence-electron chi connectivity index (χ1n) is 8.39. The standard InChI is InChI=1S/C20H21FN2O2/c1-14-4-2-3-5-18(14)20(25)22-11-16-10-19(24)23(13-16)12-15-6-8-17(21)9-7-15/h2-9,16H,10-13H2,1H3,(H,22,25). The Morgan fingerprint density at radius 1 is 1.20 bits per heavy atom. The number of hydrogen-bond acceptors (Lipinski definition) is 2. The highest BCUT2D eigenvalue weighted by molar-refractivity contribution is 5.95. The molecule has 0 saturated carbocycles. The van der Waals surface area contributed by atoms with Crippen LogP contribution in [0.1, 0.15) is 27.9 Å². The van der Waals surface area contributed by atoms with Crippen molar-refractivity contribution in [3.63, 3.8) is 0 Å². The van der Waals surface area contributed by atoms with Gasteiger partial charge < -0.3 is 10.2 Å². The summed E-state index contributed by atoms with van der Waals surface area (Å²) in [7, 11) is 0. The van der Waals surface area contributed by atoms with Crippen molar-refractivity contribution in [2.45, 2.75) is 19.9 Å². The van der Waals surface area contributed by atoms with Crippen LogP contribution in [0.4, 0.5) is 4.39 Å². The summed E-state index contributed by atoms with van der Waals surface area (Å²) in [6.45, 7) is 3.45. The molecule has 0 spiro atoms. The number of carbonyl (C=O) groups excluding carboxylic acids is 2. The summed E-state index contributed by atoms with van der Waals surface area (Å²) in [6.07, 6.45) is 0.426. The van der Waals surface area contributed by atoms with Gasteiger partial charge in [0.25, 0.3) is 5.91 Å². The molecule has 0 aliphatic carbocycles. The monoisotopic (exact) mass is 340 g/mol. The van der Waals surface area contributed by atoms with Crippen molar-refractivity contribution in [1.82, 2.24) is 10.2 Å². The fourth-order valence-electron chi connectivity index (χ4n) is 3.11. The molecule has 4 nitrogen and oxygen atoms in total. The van der Waals surface area contributed by atoms with Crippen LogP contribution in [0.25, 0.3) is 0 Å². The molecule has 1 heterocycles. The average Bonchev–Trinajstić information content (AvgIpc) is 2.95. The maximum absolute atomic E-state index is 13.0.